The number of nitrogens with one attached hydrogen (secondary N) is 2. The van der Waals surface area contributed by atoms with Crippen molar-refractivity contribution in [2.24, 2.45) is 5.92 Å². The topological polar surface area (TPSA) is 49.8 Å². The number of hydrogen-bond acceptors (Lipinski definition) is 4. The zero-order chi connectivity index (χ0) is 11.4. The number of aryl methyl sites for hydroxylation is 2. The van der Waals surface area contributed by atoms with Gasteiger partial charge in [0.1, 0.15) is 5.82 Å². The first-order valence-electron chi connectivity index (χ1n) is 6.00. The summed E-state index contributed by atoms with van der Waals surface area (Å²) in [5.41, 5.74) is 2.01. The van der Waals surface area contributed by atoms with Crippen LogP contribution in [0.1, 0.15) is 24.2 Å². The molecule has 1 aliphatic rings. The molecule has 0 radical (unpaired) electrons. The molecule has 4 nitrogen and oxygen atoms in total. The van der Waals surface area contributed by atoms with Crippen molar-refractivity contribution in [3.8, 4) is 0 Å². The van der Waals surface area contributed by atoms with Crippen LogP contribution in [0.4, 0.5) is 5.82 Å². The molecule has 2 heterocycles. The molecule has 88 valence electrons. The van der Waals surface area contributed by atoms with Crippen molar-refractivity contribution in [3.05, 3.63) is 17.6 Å². The molecule has 0 aliphatic carbocycles. The van der Waals surface area contributed by atoms with Crippen molar-refractivity contribution in [2.45, 2.75) is 26.7 Å². The molecule has 2 rings (SSSR count). The lowest BCUT2D eigenvalue weighted by atomic mass is 10.00. The van der Waals surface area contributed by atoms with Gasteiger partial charge in [-0.15, -0.1) is 0 Å². The van der Waals surface area contributed by atoms with Crippen LogP contribution in [0, 0.1) is 19.8 Å². The number of nitrogens with zero attached hydrogens (tertiary/aromatic N) is 2. The van der Waals surface area contributed by atoms with Crippen molar-refractivity contribution < 1.29 is 0 Å². The molecule has 2 N–H and O–H groups in total. The Hall–Kier alpha value is -1.16. The fourth-order valence-electron chi connectivity index (χ4n) is 1.97. The second-order valence-corrected chi connectivity index (χ2v) is 4.52. The molecule has 0 saturated carbocycles. The maximum Gasteiger partial charge on any atom is 0.144 e. The summed E-state index contributed by atoms with van der Waals surface area (Å²) in [6, 6.07) is 0. The van der Waals surface area contributed by atoms with Gasteiger partial charge in [0.25, 0.3) is 0 Å². The molecule has 1 fully saturated rings. The highest BCUT2D eigenvalue weighted by Crippen LogP contribution is 2.11. The number of rotatable bonds is 3. The van der Waals surface area contributed by atoms with E-state index in [4.69, 9.17) is 0 Å². The van der Waals surface area contributed by atoms with Crippen molar-refractivity contribution in [2.75, 3.05) is 25.0 Å². The van der Waals surface area contributed by atoms with E-state index in [2.05, 4.69) is 20.6 Å². The van der Waals surface area contributed by atoms with Gasteiger partial charge in [-0.05, 0) is 45.7 Å². The second kappa shape index (κ2) is 5.25. The first-order valence-corrected chi connectivity index (χ1v) is 6.00. The van der Waals surface area contributed by atoms with E-state index in [9.17, 15) is 0 Å². The van der Waals surface area contributed by atoms with Crippen LogP contribution in [0.5, 0.6) is 0 Å². The summed E-state index contributed by atoms with van der Waals surface area (Å²) in [4.78, 5) is 8.76. The molecule has 1 aromatic heterocycles. The van der Waals surface area contributed by atoms with Gasteiger partial charge >= 0.3 is 0 Å². The fraction of sp³-hybridized carbons (Fsp3) is 0.667. The molecule has 1 aliphatic heterocycles. The Kier molecular flexibility index (Phi) is 3.72. The van der Waals surface area contributed by atoms with Gasteiger partial charge in [0.2, 0.25) is 0 Å². The third-order valence-corrected chi connectivity index (χ3v) is 3.16. The highest BCUT2D eigenvalue weighted by Gasteiger charge is 2.12. The van der Waals surface area contributed by atoms with E-state index in [0.717, 1.165) is 36.2 Å². The minimum Gasteiger partial charge on any atom is -0.368 e. The van der Waals surface area contributed by atoms with Gasteiger partial charge in [-0.1, -0.05) is 0 Å². The Labute approximate surface area is 96.9 Å². The SMILES string of the molecule is Cc1ncc(NCC2CCCNC2)nc1C. The molecule has 1 atom stereocenters. The Bertz CT molecular complexity index is 345. The predicted molar refractivity (Wildman–Crippen MR) is 65.6 cm³/mol. The Morgan fingerprint density at radius 2 is 2.31 bits per heavy atom. The number of hydrogen-bond donors (Lipinski definition) is 2. The maximum absolute atomic E-state index is 4.46. The van der Waals surface area contributed by atoms with Gasteiger partial charge < -0.3 is 10.6 Å². The lowest BCUT2D eigenvalue weighted by molar-refractivity contribution is 0.392. The van der Waals surface area contributed by atoms with Crippen molar-refractivity contribution in [1.82, 2.24) is 15.3 Å². The van der Waals surface area contributed by atoms with Crippen molar-refractivity contribution in [1.29, 1.82) is 0 Å². The van der Waals surface area contributed by atoms with Crippen LogP contribution in [0.15, 0.2) is 6.20 Å². The number of piperidine rings is 1. The maximum atomic E-state index is 4.46. The number of aromatic nitrogens is 2. The third kappa shape index (κ3) is 2.92. The van der Waals surface area contributed by atoms with Crippen molar-refractivity contribution >= 4 is 5.82 Å². The molecule has 16 heavy (non-hydrogen) atoms. The minimum atomic E-state index is 0.720. The Morgan fingerprint density at radius 1 is 1.44 bits per heavy atom. The van der Waals surface area contributed by atoms with E-state index in [1.54, 1.807) is 0 Å². The molecule has 1 unspecified atom stereocenters. The lowest BCUT2D eigenvalue weighted by Crippen LogP contribution is -2.33. The molecule has 0 spiro atoms. The average Bonchev–Trinajstić information content (AvgIpc) is 2.32. The van der Waals surface area contributed by atoms with Gasteiger partial charge in [-0.3, -0.25) is 4.98 Å². The molecule has 0 bridgehead atoms. The molecule has 0 aromatic carbocycles. The first kappa shape index (κ1) is 11.3. The standard InChI is InChI=1S/C12H20N4/c1-9-10(2)16-12(8-14-9)15-7-11-4-3-5-13-6-11/h8,11,13H,3-7H2,1-2H3,(H,15,16). The van der Waals surface area contributed by atoms with Crippen LogP contribution in [0.25, 0.3) is 0 Å². The predicted octanol–water partition coefficient (Wildman–Crippen LogP) is 1.50. The van der Waals surface area contributed by atoms with Gasteiger partial charge in [0.15, 0.2) is 0 Å². The lowest BCUT2D eigenvalue weighted by Gasteiger charge is -2.23. The largest absolute Gasteiger partial charge is 0.368 e. The van der Waals surface area contributed by atoms with Gasteiger partial charge in [-0.25, -0.2) is 4.98 Å². The molecule has 1 saturated heterocycles. The van der Waals surface area contributed by atoms with E-state index in [1.807, 2.05) is 20.0 Å². The van der Waals surface area contributed by atoms with Crippen LogP contribution < -0.4 is 10.6 Å². The second-order valence-electron chi connectivity index (χ2n) is 4.52. The van der Waals surface area contributed by atoms with Crippen molar-refractivity contribution in [3.63, 3.8) is 0 Å². The third-order valence-electron chi connectivity index (χ3n) is 3.16. The molecule has 1 aromatic rings. The van der Waals surface area contributed by atoms with Crippen LogP contribution in [0.2, 0.25) is 0 Å². The summed E-state index contributed by atoms with van der Waals surface area (Å²) in [6.07, 6.45) is 4.40. The van der Waals surface area contributed by atoms with Gasteiger partial charge in [0, 0.05) is 6.54 Å². The Morgan fingerprint density at radius 3 is 3.00 bits per heavy atom. The van der Waals surface area contributed by atoms with E-state index in [1.165, 1.54) is 19.4 Å². The summed E-state index contributed by atoms with van der Waals surface area (Å²) in [5.74, 6) is 1.62. The normalized spacial score (nSPS) is 20.8. The quantitative estimate of drug-likeness (QED) is 0.810. The van der Waals surface area contributed by atoms with E-state index < -0.39 is 0 Å². The summed E-state index contributed by atoms with van der Waals surface area (Å²) in [7, 11) is 0. The van der Waals surface area contributed by atoms with Crippen LogP contribution in [-0.4, -0.2) is 29.6 Å². The number of anilines is 1. The zero-order valence-corrected chi connectivity index (χ0v) is 10.1. The first-order chi connectivity index (χ1) is 7.75. The van der Waals surface area contributed by atoms with Crippen LogP contribution in [0.3, 0.4) is 0 Å². The van der Waals surface area contributed by atoms with E-state index in [-0.39, 0.29) is 0 Å². The summed E-state index contributed by atoms with van der Waals surface area (Å²) < 4.78 is 0. The van der Waals surface area contributed by atoms with Crippen LogP contribution in [-0.2, 0) is 0 Å². The zero-order valence-electron chi connectivity index (χ0n) is 10.1. The fourth-order valence-corrected chi connectivity index (χ4v) is 1.97. The summed E-state index contributed by atoms with van der Waals surface area (Å²) >= 11 is 0. The smallest absolute Gasteiger partial charge is 0.144 e. The highest BCUT2D eigenvalue weighted by atomic mass is 15.0. The molecule has 4 heteroatoms. The van der Waals surface area contributed by atoms with E-state index in [0.29, 0.717) is 0 Å². The van der Waals surface area contributed by atoms with Crippen LogP contribution >= 0.6 is 0 Å². The van der Waals surface area contributed by atoms with E-state index >= 15 is 0 Å². The average molecular weight is 220 g/mol. The minimum absolute atomic E-state index is 0.720. The van der Waals surface area contributed by atoms with Gasteiger partial charge in [-0.2, -0.15) is 0 Å². The summed E-state index contributed by atoms with van der Waals surface area (Å²) in [6.45, 7) is 7.25. The monoisotopic (exact) mass is 220 g/mol. The van der Waals surface area contributed by atoms with Gasteiger partial charge in [0.05, 0.1) is 17.6 Å². The molecular formula is C12H20N4. The molecule has 0 amide bonds. The molecular weight excluding hydrogens is 200 g/mol. The highest BCUT2D eigenvalue weighted by molar-refractivity contribution is 5.33. The Balaban J connectivity index is 1.86. The summed E-state index contributed by atoms with van der Waals surface area (Å²) in [5, 5.41) is 6.78.